The number of aliphatic hydroxyl groups is 1. The van der Waals surface area contributed by atoms with Crippen LogP contribution in [0.3, 0.4) is 0 Å². The average Bonchev–Trinajstić information content (AvgIpc) is 3.35. The normalized spacial score (nSPS) is 14.0. The molecule has 9 heteroatoms. The topological polar surface area (TPSA) is 105 Å². The summed E-state index contributed by atoms with van der Waals surface area (Å²) in [5.74, 6) is -0.185. The van der Waals surface area contributed by atoms with Crippen molar-refractivity contribution < 1.29 is 32.9 Å². The molecule has 3 N–H and O–H groups in total. The number of allylic oxidation sites excluding steroid dienone is 5. The Labute approximate surface area is 455 Å². The highest BCUT2D eigenvalue weighted by Gasteiger charge is 2.27. The standard InChI is InChI=1S/C64H125N2O6P/c1-6-8-10-12-14-16-18-20-22-24-26-28-29-30-31-32-33-34-35-36-38-39-41-43-45-47-49-51-53-55-57-63(67)62(61-72-73(69,70)71-60-59-66(3,4)5)65-64(68)58-56-54-52-50-48-46-44-42-40-37-27-25-23-21-19-17-15-13-11-9-7-2/h25,27,47,49,55,57,62-63,67H,6-24,26,28-46,48,50-54,56,58-61H2,1-5H3,(H-,65,68,69,70)/p+1/b27-25-,49-47+,57-55+. The van der Waals surface area contributed by atoms with E-state index in [0.29, 0.717) is 17.4 Å². The Balaban J connectivity index is 4.15. The molecule has 0 saturated heterocycles. The van der Waals surface area contributed by atoms with Crippen molar-refractivity contribution in [1.82, 2.24) is 5.32 Å². The molecule has 0 saturated carbocycles. The maximum atomic E-state index is 13.0. The van der Waals surface area contributed by atoms with Gasteiger partial charge in [0.1, 0.15) is 13.2 Å². The molecule has 0 heterocycles. The van der Waals surface area contributed by atoms with Crippen molar-refractivity contribution in [1.29, 1.82) is 0 Å². The summed E-state index contributed by atoms with van der Waals surface area (Å²) in [5.41, 5.74) is 0. The number of aliphatic hydroxyl groups excluding tert-OH is 1. The minimum absolute atomic E-state index is 0.0566. The number of carbonyl (C=O) groups excluding carboxylic acids is 1. The molecule has 0 fully saturated rings. The molecule has 0 aliphatic heterocycles. The smallest absolute Gasteiger partial charge is 0.387 e. The zero-order valence-electron chi connectivity index (χ0n) is 49.4. The predicted octanol–water partition coefficient (Wildman–Crippen LogP) is 19.7. The van der Waals surface area contributed by atoms with Crippen LogP contribution in [0.4, 0.5) is 0 Å². The molecule has 0 radical (unpaired) electrons. The number of amides is 1. The highest BCUT2D eigenvalue weighted by molar-refractivity contribution is 7.47. The van der Waals surface area contributed by atoms with Gasteiger partial charge >= 0.3 is 7.82 Å². The molecular weight excluding hydrogens is 924 g/mol. The summed E-state index contributed by atoms with van der Waals surface area (Å²) < 4.78 is 23.7. The molecule has 73 heavy (non-hydrogen) atoms. The Kier molecular flexibility index (Phi) is 54.5. The van der Waals surface area contributed by atoms with Crippen LogP contribution in [-0.4, -0.2) is 73.4 Å². The number of nitrogens with zero attached hydrogens (tertiary/aromatic N) is 1. The SMILES string of the molecule is CCCCCCCCCC/C=C\CCCCCCCCCCCC(=O)NC(COP(=O)(O)OCC[N+](C)(C)C)C(O)/C=C/CC/C=C/CCCCCCCCCCCCCCCCCCCCCCCCCC. The van der Waals surface area contributed by atoms with Gasteiger partial charge in [0.05, 0.1) is 39.9 Å². The quantitative estimate of drug-likeness (QED) is 0.0243. The predicted molar refractivity (Wildman–Crippen MR) is 318 cm³/mol. The van der Waals surface area contributed by atoms with Crippen LogP contribution in [0.25, 0.3) is 0 Å². The summed E-state index contributed by atoms with van der Waals surface area (Å²) in [7, 11) is 1.56. The highest BCUT2D eigenvalue weighted by atomic mass is 31.2. The first-order valence-corrected chi connectivity index (χ1v) is 33.4. The van der Waals surface area contributed by atoms with E-state index in [1.54, 1.807) is 6.08 Å². The van der Waals surface area contributed by atoms with Gasteiger partial charge in [-0.1, -0.05) is 288 Å². The lowest BCUT2D eigenvalue weighted by atomic mass is 10.0. The fourth-order valence-electron chi connectivity index (χ4n) is 9.59. The zero-order valence-corrected chi connectivity index (χ0v) is 50.3. The summed E-state index contributed by atoms with van der Waals surface area (Å²) >= 11 is 0. The van der Waals surface area contributed by atoms with Crippen LogP contribution in [0.1, 0.15) is 316 Å². The Hall–Kier alpha value is -1.28. The van der Waals surface area contributed by atoms with E-state index in [9.17, 15) is 19.4 Å². The van der Waals surface area contributed by atoms with Crippen LogP contribution in [0.15, 0.2) is 36.5 Å². The first-order chi connectivity index (χ1) is 35.5. The Morgan fingerprint density at radius 1 is 0.452 bits per heavy atom. The molecule has 0 aliphatic carbocycles. The minimum atomic E-state index is -4.36. The van der Waals surface area contributed by atoms with E-state index < -0.39 is 20.0 Å². The number of unbranched alkanes of at least 4 members (excludes halogenated alkanes) is 42. The molecule has 0 spiro atoms. The van der Waals surface area contributed by atoms with Crippen LogP contribution in [-0.2, 0) is 18.4 Å². The lowest BCUT2D eigenvalue weighted by Gasteiger charge is -2.25. The van der Waals surface area contributed by atoms with Gasteiger partial charge in [-0.2, -0.15) is 0 Å². The molecule has 0 aromatic rings. The fraction of sp³-hybridized carbons (Fsp3) is 0.891. The third-order valence-corrected chi connectivity index (χ3v) is 15.6. The highest BCUT2D eigenvalue weighted by Crippen LogP contribution is 2.43. The van der Waals surface area contributed by atoms with Crippen LogP contribution < -0.4 is 5.32 Å². The van der Waals surface area contributed by atoms with Crippen molar-refractivity contribution >= 4 is 13.7 Å². The molecule has 1 amide bonds. The van der Waals surface area contributed by atoms with Gasteiger partial charge in [-0.05, 0) is 57.8 Å². The minimum Gasteiger partial charge on any atom is -0.387 e. The Bertz CT molecular complexity index is 1280. The molecule has 0 aromatic carbocycles. The molecule has 3 unspecified atom stereocenters. The largest absolute Gasteiger partial charge is 0.472 e. The second kappa shape index (κ2) is 55.5. The summed E-state index contributed by atoms with van der Waals surface area (Å²) in [6, 6.07) is -0.865. The molecule has 0 bridgehead atoms. The number of likely N-dealkylation sites (N-methyl/N-ethyl adjacent to an activating group) is 1. The van der Waals surface area contributed by atoms with Crippen molar-refractivity contribution in [3.8, 4) is 0 Å². The number of phosphoric acid groups is 1. The summed E-state index contributed by atoms with van der Waals surface area (Å²) in [6.07, 6.45) is 72.8. The number of rotatable bonds is 59. The number of hydrogen-bond acceptors (Lipinski definition) is 5. The van der Waals surface area contributed by atoms with Gasteiger partial charge in [0, 0.05) is 6.42 Å². The van der Waals surface area contributed by atoms with Crippen molar-refractivity contribution in [2.45, 2.75) is 328 Å². The third-order valence-electron chi connectivity index (χ3n) is 14.6. The average molecular weight is 1050 g/mol. The van der Waals surface area contributed by atoms with Gasteiger partial charge in [0.25, 0.3) is 0 Å². The summed E-state index contributed by atoms with van der Waals surface area (Å²) in [4.78, 5) is 23.3. The van der Waals surface area contributed by atoms with E-state index in [4.69, 9.17) is 9.05 Å². The van der Waals surface area contributed by atoms with Gasteiger partial charge in [0.2, 0.25) is 5.91 Å². The summed E-state index contributed by atoms with van der Waals surface area (Å²) in [6.45, 7) is 4.84. The van der Waals surface area contributed by atoms with Crippen LogP contribution in [0.2, 0.25) is 0 Å². The molecule has 8 nitrogen and oxygen atoms in total. The molecule has 0 aliphatic rings. The fourth-order valence-corrected chi connectivity index (χ4v) is 10.3. The van der Waals surface area contributed by atoms with Gasteiger partial charge < -0.3 is 19.8 Å². The lowest BCUT2D eigenvalue weighted by molar-refractivity contribution is -0.870. The monoisotopic (exact) mass is 1050 g/mol. The first kappa shape index (κ1) is 71.7. The Morgan fingerprint density at radius 3 is 1.10 bits per heavy atom. The maximum Gasteiger partial charge on any atom is 0.472 e. The maximum absolute atomic E-state index is 13.0. The van der Waals surface area contributed by atoms with Gasteiger partial charge in [0.15, 0.2) is 0 Å². The summed E-state index contributed by atoms with van der Waals surface area (Å²) in [5, 5.41) is 14.0. The molecule has 3 atom stereocenters. The second-order valence-corrected chi connectivity index (χ2v) is 24.6. The van der Waals surface area contributed by atoms with Crippen molar-refractivity contribution in [3.05, 3.63) is 36.5 Å². The van der Waals surface area contributed by atoms with E-state index in [1.165, 1.54) is 257 Å². The van der Waals surface area contributed by atoms with Crippen molar-refractivity contribution in [3.63, 3.8) is 0 Å². The number of phosphoric ester groups is 1. The number of nitrogens with one attached hydrogen (secondary N) is 1. The second-order valence-electron chi connectivity index (χ2n) is 23.1. The van der Waals surface area contributed by atoms with Crippen LogP contribution in [0.5, 0.6) is 0 Å². The molecule has 0 aromatic heterocycles. The molecule has 0 rings (SSSR count). The molecular formula is C64H126N2O6P+. The van der Waals surface area contributed by atoms with Gasteiger partial charge in [-0.15, -0.1) is 0 Å². The van der Waals surface area contributed by atoms with E-state index in [-0.39, 0.29) is 19.1 Å². The van der Waals surface area contributed by atoms with Crippen molar-refractivity contribution in [2.75, 3.05) is 40.9 Å². The number of carbonyl (C=O) groups is 1. The zero-order chi connectivity index (χ0) is 53.5. The van der Waals surface area contributed by atoms with E-state index >= 15 is 0 Å². The Morgan fingerprint density at radius 2 is 0.753 bits per heavy atom. The van der Waals surface area contributed by atoms with E-state index in [0.717, 1.165) is 38.5 Å². The van der Waals surface area contributed by atoms with E-state index in [2.05, 4.69) is 43.5 Å². The van der Waals surface area contributed by atoms with Gasteiger partial charge in [-0.25, -0.2) is 4.57 Å². The van der Waals surface area contributed by atoms with Gasteiger partial charge in [-0.3, -0.25) is 13.8 Å². The van der Waals surface area contributed by atoms with Crippen molar-refractivity contribution in [2.24, 2.45) is 0 Å². The molecule has 432 valence electrons. The van der Waals surface area contributed by atoms with Crippen LogP contribution >= 0.6 is 7.82 Å². The lowest BCUT2D eigenvalue weighted by Crippen LogP contribution is -2.45. The third kappa shape index (κ3) is 58.2. The number of quaternary nitrogens is 1. The van der Waals surface area contributed by atoms with E-state index in [1.807, 2.05) is 27.2 Å². The number of hydrogen-bond donors (Lipinski definition) is 3. The first-order valence-electron chi connectivity index (χ1n) is 31.9. The van der Waals surface area contributed by atoms with Crippen LogP contribution in [0, 0.1) is 0 Å².